The summed E-state index contributed by atoms with van der Waals surface area (Å²) < 4.78 is 13.3. The van der Waals surface area contributed by atoms with Crippen LogP contribution in [0.2, 0.25) is 57.4 Å². The Labute approximate surface area is 609 Å². The zero-order chi connectivity index (χ0) is 73.2. The topological polar surface area (TPSA) is 220 Å². The van der Waals surface area contributed by atoms with Crippen molar-refractivity contribution in [3.63, 3.8) is 0 Å². The van der Waals surface area contributed by atoms with E-state index in [0.717, 1.165) is 16.7 Å². The first kappa shape index (κ1) is 78.8. The fraction of sp³-hybridized carbons (Fsp3) is 0.107. The van der Waals surface area contributed by atoms with Gasteiger partial charge in [-0.1, -0.05) is 145 Å². The number of carbonyl (C=O) groups is 3. The van der Waals surface area contributed by atoms with Crippen LogP contribution in [0.25, 0.3) is 0 Å². The van der Waals surface area contributed by atoms with Crippen LogP contribution >= 0.6 is 0 Å². The zero-order valence-corrected chi connectivity index (χ0v) is 62.8. The lowest BCUT2D eigenvalue weighted by Crippen LogP contribution is -2.23. The van der Waals surface area contributed by atoms with Gasteiger partial charge in [-0.15, -0.1) is 0 Å². The van der Waals surface area contributed by atoms with Crippen LogP contribution < -0.4 is 15.3 Å². The third-order valence-corrected chi connectivity index (χ3v) is 23.4. The van der Waals surface area contributed by atoms with E-state index in [1.807, 2.05) is 39.3 Å². The first-order chi connectivity index (χ1) is 49.0. The second kappa shape index (κ2) is 40.7. The Morgan fingerprint density at radius 2 is 0.461 bits per heavy atom. The van der Waals surface area contributed by atoms with Crippen molar-refractivity contribution in [1.82, 2.24) is 0 Å². The van der Waals surface area contributed by atoms with E-state index in [4.69, 9.17) is 0 Å². The SMILES string of the molecule is C[Si](C)(O)CC#Cc1ccc([S+](c2ccccc2)c2ccccc2)cc1.C[Si](C)(O)CC#Cc1ccc([S+](c2ccccc2)c2ccccc2)cc1.C[Si](C)(O)CC#Cc1ccc([S+](c2ccccc2)c2ccccc2)cc1.O=C([O-])c1ccco1.O=C([O-])c1ccco1.O=C([O-])c1ccco1. The summed E-state index contributed by atoms with van der Waals surface area (Å²) in [5.41, 5.74) is 2.99. The minimum Gasteiger partial charge on any atom is -0.542 e. The molecule has 0 radical (unpaired) electrons. The van der Waals surface area contributed by atoms with E-state index in [-0.39, 0.29) is 50.0 Å². The van der Waals surface area contributed by atoms with E-state index in [2.05, 4.69) is 304 Å². The molecule has 0 fully saturated rings. The molecular formula is C84H78O12S3Si3. The molecule has 0 aliphatic rings. The normalized spacial score (nSPS) is 10.6. The van der Waals surface area contributed by atoms with E-state index >= 15 is 0 Å². The summed E-state index contributed by atoms with van der Waals surface area (Å²) in [5, 5.41) is 29.6. The fourth-order valence-corrected chi connectivity index (χ4v) is 16.7. The van der Waals surface area contributed by atoms with Crippen molar-refractivity contribution in [3.8, 4) is 35.5 Å². The Morgan fingerprint density at radius 1 is 0.284 bits per heavy atom. The van der Waals surface area contributed by atoms with E-state index in [1.54, 1.807) is 0 Å². The van der Waals surface area contributed by atoms with Crippen LogP contribution in [0.3, 0.4) is 0 Å². The number of furan rings is 3. The molecule has 0 amide bonds. The van der Waals surface area contributed by atoms with Gasteiger partial charge in [0.15, 0.2) is 69.0 Å². The predicted molar refractivity (Wildman–Crippen MR) is 408 cm³/mol. The van der Waals surface area contributed by atoms with Gasteiger partial charge in [0.05, 0.1) is 51.5 Å². The third-order valence-electron chi connectivity index (χ3n) is 13.6. The monoisotopic (exact) mass is 1460 g/mol. The second-order valence-electron chi connectivity index (χ2n) is 24.0. The molecule has 0 saturated carbocycles. The van der Waals surface area contributed by atoms with Gasteiger partial charge >= 0.3 is 0 Å². The lowest BCUT2D eigenvalue weighted by atomic mass is 10.2. The molecule has 0 spiro atoms. The van der Waals surface area contributed by atoms with E-state index < -0.39 is 42.9 Å². The molecule has 0 bridgehead atoms. The van der Waals surface area contributed by atoms with Crippen molar-refractivity contribution in [1.29, 1.82) is 0 Å². The van der Waals surface area contributed by atoms with Crippen LogP contribution in [-0.2, 0) is 32.7 Å². The molecule has 3 aromatic heterocycles. The molecule has 12 rings (SSSR count). The highest BCUT2D eigenvalue weighted by Gasteiger charge is 2.31. The Kier molecular flexibility index (Phi) is 31.4. The largest absolute Gasteiger partial charge is 0.542 e. The molecular weight excluding hydrogens is 1380 g/mol. The highest BCUT2D eigenvalue weighted by atomic mass is 32.2. The van der Waals surface area contributed by atoms with E-state index in [1.165, 1.54) is 99.2 Å². The molecule has 18 heteroatoms. The van der Waals surface area contributed by atoms with Gasteiger partial charge < -0.3 is 57.3 Å². The maximum absolute atomic E-state index is 9.90. The van der Waals surface area contributed by atoms with Crippen molar-refractivity contribution in [2.75, 3.05) is 0 Å². The fourth-order valence-electron chi connectivity index (χ4n) is 8.86. The molecule has 12 nitrogen and oxygen atoms in total. The lowest BCUT2D eigenvalue weighted by Gasteiger charge is -2.08. The third kappa shape index (κ3) is 28.3. The number of carbonyl (C=O) groups excluding carboxylic acids is 3. The number of carboxylic acids is 3. The summed E-state index contributed by atoms with van der Waals surface area (Å²) in [6, 6.07) is 99.6. The minimum absolute atomic E-state index is 0.124. The molecule has 9 aromatic carbocycles. The molecule has 0 atom stereocenters. The second-order valence-corrected chi connectivity index (χ2v) is 42.1. The number of carboxylic acid groups (broad SMARTS) is 3. The molecule has 0 aliphatic heterocycles. The maximum Gasteiger partial charge on any atom is 0.194 e. The van der Waals surface area contributed by atoms with Crippen LogP contribution in [0.5, 0.6) is 0 Å². The average molecular weight is 1460 g/mol. The van der Waals surface area contributed by atoms with Crippen molar-refractivity contribution < 1.29 is 57.3 Å². The van der Waals surface area contributed by atoms with E-state index in [0.29, 0.717) is 18.1 Å². The Balaban J connectivity index is 0.000000184. The zero-order valence-electron chi connectivity index (χ0n) is 57.3. The van der Waals surface area contributed by atoms with Gasteiger partial charge in [-0.25, -0.2) is 0 Å². The van der Waals surface area contributed by atoms with Crippen molar-refractivity contribution in [2.45, 2.75) is 101 Å². The molecule has 3 heterocycles. The summed E-state index contributed by atoms with van der Waals surface area (Å²) in [6.07, 6.45) is 3.85. The molecule has 12 aromatic rings. The van der Waals surface area contributed by atoms with Gasteiger partial charge in [0.25, 0.3) is 0 Å². The highest BCUT2D eigenvalue weighted by molar-refractivity contribution is 7.97. The van der Waals surface area contributed by atoms with Gasteiger partial charge in [-0.2, -0.15) is 0 Å². The standard InChI is InChI=1S/3C23H23OSSi.3C5H4O3/c3*1-26(2,24)19-9-10-20-15-17-23(18-16-20)25(21-11-5-3-6-12-21)22-13-7-4-8-14-22;3*6-5(7)4-2-1-3-8-4/h3*3-8,11-18,24H,19H2,1-2H3;3*1-3H,(H,6,7)/q3*+1;;;/p-3. The quantitative estimate of drug-likeness (QED) is 0.0496. The van der Waals surface area contributed by atoms with Crippen LogP contribution in [0, 0.1) is 35.5 Å². The number of hydrogen-bond donors (Lipinski definition) is 3. The average Bonchev–Trinajstić information content (AvgIpc) is 0.918. The smallest absolute Gasteiger partial charge is 0.194 e. The van der Waals surface area contributed by atoms with Gasteiger partial charge in [-0.3, -0.25) is 0 Å². The first-order valence-electron chi connectivity index (χ1n) is 32.2. The number of rotatable bonds is 15. The molecule has 516 valence electrons. The summed E-state index contributed by atoms with van der Waals surface area (Å²) in [7, 11) is -6.67. The predicted octanol–water partition coefficient (Wildman–Crippen LogP) is 14.9. The minimum atomic E-state index is -2.10. The van der Waals surface area contributed by atoms with Crippen molar-refractivity contribution in [2.24, 2.45) is 0 Å². The van der Waals surface area contributed by atoms with Crippen LogP contribution in [0.1, 0.15) is 48.4 Å². The lowest BCUT2D eigenvalue weighted by molar-refractivity contribution is -0.258. The van der Waals surface area contributed by atoms with Gasteiger partial charge in [0, 0.05) is 34.8 Å². The van der Waals surface area contributed by atoms with Crippen LogP contribution in [-0.4, -0.2) is 57.2 Å². The molecule has 3 N–H and O–H groups in total. The van der Waals surface area contributed by atoms with Gasteiger partial charge in [0.2, 0.25) is 0 Å². The van der Waals surface area contributed by atoms with Crippen molar-refractivity contribution >= 4 is 75.5 Å². The molecule has 0 aliphatic carbocycles. The summed E-state index contributed by atoms with van der Waals surface area (Å²) >= 11 is 0. The number of aromatic carboxylic acids is 3. The van der Waals surface area contributed by atoms with Gasteiger partial charge in [0.1, 0.15) is 35.2 Å². The maximum atomic E-state index is 9.90. The van der Waals surface area contributed by atoms with E-state index in [9.17, 15) is 44.1 Å². The Morgan fingerprint density at radius 3 is 0.598 bits per heavy atom. The Bertz CT molecular complexity index is 4020. The summed E-state index contributed by atoms with van der Waals surface area (Å²) in [6.45, 7) is 11.5. The van der Waals surface area contributed by atoms with Gasteiger partial charge in [-0.05, 0) is 221 Å². The molecule has 102 heavy (non-hydrogen) atoms. The first-order valence-corrected chi connectivity index (χ1v) is 45.4. The van der Waals surface area contributed by atoms with Crippen LogP contribution in [0.4, 0.5) is 0 Å². The summed E-state index contributed by atoms with van der Waals surface area (Å²) in [5.74, 6) is 14.6. The number of hydrogen-bond acceptors (Lipinski definition) is 12. The Hall–Kier alpha value is -10.5. The van der Waals surface area contributed by atoms with Crippen molar-refractivity contribution in [3.05, 3.63) is 344 Å². The highest BCUT2D eigenvalue weighted by Crippen LogP contribution is 2.34. The number of benzene rings is 9. The molecule has 0 unspecified atom stereocenters. The molecule has 0 saturated heterocycles. The van der Waals surface area contributed by atoms with Crippen LogP contribution in [0.15, 0.2) is 367 Å². The summed E-state index contributed by atoms with van der Waals surface area (Å²) in [4.78, 5) is 71.0.